The summed E-state index contributed by atoms with van der Waals surface area (Å²) in [5.41, 5.74) is 12.3. The monoisotopic (exact) mass is 563 g/mol. The lowest BCUT2D eigenvalue weighted by atomic mass is 9.99. The van der Waals surface area contributed by atoms with Crippen molar-refractivity contribution < 1.29 is 4.42 Å². The maximum atomic E-state index is 6.12. The van der Waals surface area contributed by atoms with Crippen molar-refractivity contribution in [2.45, 2.75) is 0 Å². The van der Waals surface area contributed by atoms with Crippen molar-refractivity contribution in [2.75, 3.05) is 4.90 Å². The quantitative estimate of drug-likeness (QED) is 0.200. The van der Waals surface area contributed by atoms with Crippen LogP contribution >= 0.6 is 0 Å². The van der Waals surface area contributed by atoms with Crippen molar-refractivity contribution in [3.8, 4) is 33.4 Å². The lowest BCUT2D eigenvalue weighted by molar-refractivity contribution is 0.669. The van der Waals surface area contributed by atoms with Gasteiger partial charge in [-0.25, -0.2) is 0 Å². The van der Waals surface area contributed by atoms with Crippen LogP contribution in [0.25, 0.3) is 55.3 Å². The summed E-state index contributed by atoms with van der Waals surface area (Å²) < 4.78 is 6.12. The zero-order valence-corrected chi connectivity index (χ0v) is 24.1. The topological polar surface area (TPSA) is 16.4 Å². The Hall–Kier alpha value is -5.86. The van der Waals surface area contributed by atoms with E-state index < -0.39 is 0 Å². The number of nitrogens with zero attached hydrogens (tertiary/aromatic N) is 1. The van der Waals surface area contributed by atoms with Crippen LogP contribution in [0.4, 0.5) is 17.1 Å². The van der Waals surface area contributed by atoms with E-state index >= 15 is 0 Å². The molecule has 208 valence electrons. The highest BCUT2D eigenvalue weighted by molar-refractivity contribution is 6.05. The van der Waals surface area contributed by atoms with Crippen LogP contribution in [-0.2, 0) is 0 Å². The van der Waals surface area contributed by atoms with Crippen molar-refractivity contribution in [1.29, 1.82) is 0 Å². The molecule has 8 rings (SSSR count). The summed E-state index contributed by atoms with van der Waals surface area (Å²) in [5.74, 6) is 0. The lowest BCUT2D eigenvalue weighted by Crippen LogP contribution is -2.09. The number of para-hydroxylation sites is 2. The SMILES string of the molecule is c1ccc(-c2ccc(N(c3ccccc3)c3ccc(-c4ccc(-c5ccc6c(c5)oc5ccccc56)cc4)cc3)cc2)cc1. The Kier molecular flexibility index (Phi) is 6.51. The van der Waals surface area contributed by atoms with Crippen molar-refractivity contribution in [2.24, 2.45) is 0 Å². The number of furan rings is 1. The molecule has 1 heterocycles. The first-order chi connectivity index (χ1) is 21.8. The fourth-order valence-corrected chi connectivity index (χ4v) is 6.02. The molecular weight excluding hydrogens is 534 g/mol. The molecule has 7 aromatic carbocycles. The fraction of sp³-hybridized carbons (Fsp3) is 0. The van der Waals surface area contributed by atoms with E-state index in [2.05, 4.69) is 169 Å². The molecule has 0 aliphatic rings. The van der Waals surface area contributed by atoms with E-state index in [1.165, 1.54) is 27.8 Å². The Balaban J connectivity index is 1.07. The first-order valence-electron chi connectivity index (χ1n) is 14.9. The van der Waals surface area contributed by atoms with Crippen LogP contribution in [0.15, 0.2) is 180 Å². The lowest BCUT2D eigenvalue weighted by Gasteiger charge is -2.26. The molecule has 0 saturated heterocycles. The molecule has 8 aromatic rings. The highest BCUT2D eigenvalue weighted by Crippen LogP contribution is 2.37. The molecule has 0 spiro atoms. The van der Waals surface area contributed by atoms with Crippen LogP contribution in [0.3, 0.4) is 0 Å². The molecular formula is C42H29NO. The molecule has 2 heteroatoms. The van der Waals surface area contributed by atoms with E-state index in [0.29, 0.717) is 0 Å². The van der Waals surface area contributed by atoms with Crippen LogP contribution in [0, 0.1) is 0 Å². The molecule has 0 amide bonds. The smallest absolute Gasteiger partial charge is 0.136 e. The average molecular weight is 564 g/mol. The van der Waals surface area contributed by atoms with Gasteiger partial charge in [0, 0.05) is 27.8 Å². The van der Waals surface area contributed by atoms with Crippen molar-refractivity contribution in [1.82, 2.24) is 0 Å². The van der Waals surface area contributed by atoms with E-state index in [-0.39, 0.29) is 0 Å². The Morgan fingerprint density at radius 2 is 0.705 bits per heavy atom. The largest absolute Gasteiger partial charge is 0.456 e. The van der Waals surface area contributed by atoms with Gasteiger partial charge in [-0.2, -0.15) is 0 Å². The minimum atomic E-state index is 0.918. The van der Waals surface area contributed by atoms with Crippen molar-refractivity contribution >= 4 is 39.0 Å². The Morgan fingerprint density at radius 3 is 1.32 bits per heavy atom. The third-order valence-corrected chi connectivity index (χ3v) is 8.30. The van der Waals surface area contributed by atoms with Crippen LogP contribution in [0.5, 0.6) is 0 Å². The second-order valence-electron chi connectivity index (χ2n) is 11.0. The molecule has 0 N–H and O–H groups in total. The second-order valence-corrected chi connectivity index (χ2v) is 11.0. The molecule has 0 aliphatic carbocycles. The zero-order valence-electron chi connectivity index (χ0n) is 24.1. The number of benzene rings is 7. The van der Waals surface area contributed by atoms with Gasteiger partial charge >= 0.3 is 0 Å². The molecule has 1 aromatic heterocycles. The highest BCUT2D eigenvalue weighted by atomic mass is 16.3. The van der Waals surface area contributed by atoms with Crippen molar-refractivity contribution in [3.05, 3.63) is 176 Å². The molecule has 0 fully saturated rings. The predicted octanol–water partition coefficient (Wildman–Crippen LogP) is 12.1. The maximum Gasteiger partial charge on any atom is 0.136 e. The maximum absolute atomic E-state index is 6.12. The van der Waals surface area contributed by atoms with Gasteiger partial charge in [-0.1, -0.05) is 121 Å². The van der Waals surface area contributed by atoms with E-state index in [4.69, 9.17) is 4.42 Å². The van der Waals surface area contributed by atoms with E-state index in [1.807, 2.05) is 12.1 Å². The van der Waals surface area contributed by atoms with Gasteiger partial charge in [-0.15, -0.1) is 0 Å². The third kappa shape index (κ3) is 4.83. The van der Waals surface area contributed by atoms with Gasteiger partial charge in [-0.05, 0) is 88.0 Å². The summed E-state index contributed by atoms with van der Waals surface area (Å²) in [5, 5.41) is 2.31. The van der Waals surface area contributed by atoms with Crippen molar-refractivity contribution in [3.63, 3.8) is 0 Å². The number of hydrogen-bond acceptors (Lipinski definition) is 2. The zero-order chi connectivity index (χ0) is 29.3. The predicted molar refractivity (Wildman–Crippen MR) is 185 cm³/mol. The Morgan fingerprint density at radius 1 is 0.295 bits per heavy atom. The highest BCUT2D eigenvalue weighted by Gasteiger charge is 2.13. The van der Waals surface area contributed by atoms with Crippen LogP contribution in [-0.4, -0.2) is 0 Å². The van der Waals surface area contributed by atoms with Crippen LogP contribution < -0.4 is 4.90 Å². The van der Waals surface area contributed by atoms with E-state index in [9.17, 15) is 0 Å². The van der Waals surface area contributed by atoms with E-state index in [0.717, 1.165) is 44.6 Å². The van der Waals surface area contributed by atoms with E-state index in [1.54, 1.807) is 0 Å². The van der Waals surface area contributed by atoms with Gasteiger partial charge in [0.15, 0.2) is 0 Å². The summed E-state index contributed by atoms with van der Waals surface area (Å²) in [6.45, 7) is 0. The Labute approximate surface area is 257 Å². The molecule has 0 aliphatic heterocycles. The Bertz CT molecular complexity index is 2180. The van der Waals surface area contributed by atoms with Gasteiger partial charge < -0.3 is 9.32 Å². The van der Waals surface area contributed by atoms with Gasteiger partial charge in [0.1, 0.15) is 11.2 Å². The molecule has 0 saturated carbocycles. The second kappa shape index (κ2) is 11.1. The number of fused-ring (bicyclic) bond motifs is 3. The average Bonchev–Trinajstić information content (AvgIpc) is 3.48. The first-order valence-corrected chi connectivity index (χ1v) is 14.9. The molecule has 0 unspecified atom stereocenters. The number of anilines is 3. The minimum Gasteiger partial charge on any atom is -0.456 e. The van der Waals surface area contributed by atoms with Crippen LogP contribution in [0.2, 0.25) is 0 Å². The van der Waals surface area contributed by atoms with Gasteiger partial charge in [0.2, 0.25) is 0 Å². The summed E-state index contributed by atoms with van der Waals surface area (Å²) in [4.78, 5) is 2.30. The molecule has 0 bridgehead atoms. The number of rotatable bonds is 6. The number of hydrogen-bond donors (Lipinski definition) is 0. The van der Waals surface area contributed by atoms with Gasteiger partial charge in [-0.3, -0.25) is 0 Å². The summed E-state index contributed by atoms with van der Waals surface area (Å²) >= 11 is 0. The normalized spacial score (nSPS) is 11.2. The molecule has 0 radical (unpaired) electrons. The molecule has 44 heavy (non-hydrogen) atoms. The first kappa shape index (κ1) is 25.8. The standard InChI is InChI=1S/C42H29NO/c1-3-9-30(10-4-1)32-19-24-37(25-20-32)43(36-11-5-2-6-12-36)38-26-21-33(22-27-38)31-15-17-34(18-16-31)35-23-28-40-39-13-7-8-14-41(39)44-42(40)29-35/h1-29H. The van der Waals surface area contributed by atoms with Gasteiger partial charge in [0.25, 0.3) is 0 Å². The molecule has 0 atom stereocenters. The van der Waals surface area contributed by atoms with Crippen LogP contribution in [0.1, 0.15) is 0 Å². The summed E-state index contributed by atoms with van der Waals surface area (Å²) in [6, 6.07) is 62.1. The summed E-state index contributed by atoms with van der Waals surface area (Å²) in [7, 11) is 0. The van der Waals surface area contributed by atoms with Gasteiger partial charge in [0.05, 0.1) is 0 Å². The molecule has 2 nitrogen and oxygen atoms in total. The fourth-order valence-electron chi connectivity index (χ4n) is 6.02. The third-order valence-electron chi connectivity index (χ3n) is 8.30. The summed E-state index contributed by atoms with van der Waals surface area (Å²) in [6.07, 6.45) is 0. The minimum absolute atomic E-state index is 0.918.